The van der Waals surface area contributed by atoms with Crippen LogP contribution in [0.5, 0.6) is 5.75 Å². The number of nitrogens with zero attached hydrogens (tertiary/aromatic N) is 5. The Morgan fingerprint density at radius 3 is 2.80 bits per heavy atom. The van der Waals surface area contributed by atoms with Crippen LogP contribution in [0.25, 0.3) is 44.6 Å². The van der Waals surface area contributed by atoms with E-state index >= 15 is 0 Å². The monoisotopic (exact) mass is 399 g/mol. The van der Waals surface area contributed by atoms with Crippen molar-refractivity contribution < 1.29 is 4.74 Å². The molecule has 0 aromatic carbocycles. The van der Waals surface area contributed by atoms with Gasteiger partial charge < -0.3 is 14.6 Å². The highest BCUT2D eigenvalue weighted by Gasteiger charge is 2.13. The van der Waals surface area contributed by atoms with E-state index in [0.29, 0.717) is 12.3 Å². The molecule has 0 unspecified atom stereocenters. The molecule has 5 aromatic heterocycles. The molecule has 8 nitrogen and oxygen atoms in total. The second-order valence-electron chi connectivity index (χ2n) is 7.37. The van der Waals surface area contributed by atoms with Crippen LogP contribution >= 0.6 is 0 Å². The zero-order valence-corrected chi connectivity index (χ0v) is 16.8. The summed E-state index contributed by atoms with van der Waals surface area (Å²) in [7, 11) is 4.04. The van der Waals surface area contributed by atoms with Crippen LogP contribution in [-0.2, 0) is 0 Å². The highest BCUT2D eigenvalue weighted by atomic mass is 16.5. The molecule has 0 atom stereocenters. The fourth-order valence-corrected chi connectivity index (χ4v) is 3.36. The maximum absolute atomic E-state index is 5.82. The van der Waals surface area contributed by atoms with E-state index in [1.165, 1.54) is 0 Å². The first-order valence-corrected chi connectivity index (χ1v) is 9.68. The van der Waals surface area contributed by atoms with Crippen LogP contribution < -0.4 is 4.74 Å². The van der Waals surface area contributed by atoms with Crippen LogP contribution in [0.1, 0.15) is 0 Å². The van der Waals surface area contributed by atoms with Crippen LogP contribution in [-0.4, -0.2) is 62.3 Å². The Kier molecular flexibility index (Phi) is 4.61. The van der Waals surface area contributed by atoms with Crippen molar-refractivity contribution in [2.75, 3.05) is 27.2 Å². The molecule has 5 rings (SSSR count). The Bertz CT molecular complexity index is 1290. The van der Waals surface area contributed by atoms with Gasteiger partial charge in [0, 0.05) is 41.6 Å². The molecule has 0 aliphatic carbocycles. The largest absolute Gasteiger partial charge is 0.491 e. The van der Waals surface area contributed by atoms with Gasteiger partial charge in [0.25, 0.3) is 0 Å². The third-order valence-electron chi connectivity index (χ3n) is 4.92. The highest BCUT2D eigenvalue weighted by Crippen LogP contribution is 2.30. The number of hydrogen-bond donors (Lipinski definition) is 2. The molecule has 150 valence electrons. The molecule has 0 aliphatic rings. The third-order valence-corrected chi connectivity index (χ3v) is 4.92. The lowest BCUT2D eigenvalue weighted by Gasteiger charge is -2.11. The summed E-state index contributed by atoms with van der Waals surface area (Å²) < 4.78 is 5.82. The van der Waals surface area contributed by atoms with Crippen molar-refractivity contribution in [1.82, 2.24) is 35.0 Å². The molecular formula is C22H21N7O. The maximum Gasteiger partial charge on any atom is 0.181 e. The van der Waals surface area contributed by atoms with Crippen LogP contribution in [0, 0.1) is 0 Å². The summed E-state index contributed by atoms with van der Waals surface area (Å²) >= 11 is 0. The summed E-state index contributed by atoms with van der Waals surface area (Å²) in [5.41, 5.74) is 6.24. The van der Waals surface area contributed by atoms with Gasteiger partial charge >= 0.3 is 0 Å². The molecule has 0 spiro atoms. The molecule has 0 saturated heterocycles. The van der Waals surface area contributed by atoms with Crippen molar-refractivity contribution in [2.45, 2.75) is 0 Å². The quantitative estimate of drug-likeness (QED) is 0.454. The first-order valence-electron chi connectivity index (χ1n) is 9.68. The fourth-order valence-electron chi connectivity index (χ4n) is 3.36. The van der Waals surface area contributed by atoms with Gasteiger partial charge in [-0.15, -0.1) is 0 Å². The summed E-state index contributed by atoms with van der Waals surface area (Å²) in [6, 6.07) is 9.98. The van der Waals surface area contributed by atoms with Gasteiger partial charge in [0.2, 0.25) is 0 Å². The minimum Gasteiger partial charge on any atom is -0.491 e. The lowest BCUT2D eigenvalue weighted by atomic mass is 10.1. The molecule has 5 heterocycles. The topological polar surface area (TPSA) is 95.6 Å². The van der Waals surface area contributed by atoms with E-state index in [1.807, 2.05) is 44.6 Å². The Balaban J connectivity index is 1.50. The minimum absolute atomic E-state index is 0.607. The molecule has 2 N–H and O–H groups in total. The molecule has 0 fully saturated rings. The van der Waals surface area contributed by atoms with E-state index in [1.54, 1.807) is 18.6 Å². The molecule has 0 radical (unpaired) electrons. The van der Waals surface area contributed by atoms with Gasteiger partial charge in [-0.05, 0) is 44.4 Å². The molecule has 30 heavy (non-hydrogen) atoms. The number of nitrogens with one attached hydrogen (secondary N) is 2. The van der Waals surface area contributed by atoms with E-state index in [-0.39, 0.29) is 0 Å². The Labute approximate surface area is 173 Å². The third kappa shape index (κ3) is 3.48. The number of H-pyrrole nitrogens is 2. The van der Waals surface area contributed by atoms with Crippen molar-refractivity contribution in [1.29, 1.82) is 0 Å². The summed E-state index contributed by atoms with van der Waals surface area (Å²) in [6.07, 6.45) is 7.13. The van der Waals surface area contributed by atoms with Gasteiger partial charge in [0.15, 0.2) is 5.65 Å². The van der Waals surface area contributed by atoms with Crippen molar-refractivity contribution in [3.05, 3.63) is 55.1 Å². The number of likely N-dealkylation sites (N-methyl/N-ethyl adjacent to an activating group) is 1. The van der Waals surface area contributed by atoms with E-state index < -0.39 is 0 Å². The predicted octanol–water partition coefficient (Wildman–Crippen LogP) is 3.50. The number of ether oxygens (including phenoxy) is 1. The highest BCUT2D eigenvalue weighted by molar-refractivity contribution is 5.95. The minimum atomic E-state index is 0.607. The van der Waals surface area contributed by atoms with E-state index in [2.05, 4.69) is 41.1 Å². The van der Waals surface area contributed by atoms with Crippen molar-refractivity contribution >= 4 is 22.1 Å². The van der Waals surface area contributed by atoms with Gasteiger partial charge in [-0.1, -0.05) is 0 Å². The lowest BCUT2D eigenvalue weighted by Crippen LogP contribution is -2.19. The summed E-state index contributed by atoms with van der Waals surface area (Å²) in [6.45, 7) is 1.45. The zero-order valence-electron chi connectivity index (χ0n) is 16.8. The van der Waals surface area contributed by atoms with Gasteiger partial charge in [-0.2, -0.15) is 5.10 Å². The molecule has 5 aromatic rings. The van der Waals surface area contributed by atoms with Gasteiger partial charge in [-0.3, -0.25) is 15.1 Å². The number of aromatic amines is 2. The molecule has 0 amide bonds. The molecule has 0 aliphatic heterocycles. The molecule has 0 saturated carbocycles. The normalized spacial score (nSPS) is 11.6. The fraction of sp³-hybridized carbons (Fsp3) is 0.182. The Morgan fingerprint density at radius 2 is 1.93 bits per heavy atom. The van der Waals surface area contributed by atoms with E-state index in [4.69, 9.17) is 4.74 Å². The summed E-state index contributed by atoms with van der Waals surface area (Å²) in [5, 5.41) is 8.38. The number of rotatable bonds is 6. The number of hydrogen-bond acceptors (Lipinski definition) is 6. The molecule has 8 heteroatoms. The van der Waals surface area contributed by atoms with Crippen molar-refractivity contribution in [3.8, 4) is 28.3 Å². The maximum atomic E-state index is 5.82. The number of aromatic nitrogens is 6. The van der Waals surface area contributed by atoms with Crippen molar-refractivity contribution in [3.63, 3.8) is 0 Å². The van der Waals surface area contributed by atoms with Gasteiger partial charge in [0.05, 0.1) is 28.6 Å². The summed E-state index contributed by atoms with van der Waals surface area (Å²) in [4.78, 5) is 18.7. The average molecular weight is 399 g/mol. The Morgan fingerprint density at radius 1 is 1.03 bits per heavy atom. The van der Waals surface area contributed by atoms with Crippen LogP contribution in [0.15, 0.2) is 55.1 Å². The first kappa shape index (κ1) is 18.3. The smallest absolute Gasteiger partial charge is 0.181 e. The lowest BCUT2D eigenvalue weighted by molar-refractivity contribution is 0.261. The molecular weight excluding hydrogens is 378 g/mol. The van der Waals surface area contributed by atoms with Crippen LogP contribution in [0.2, 0.25) is 0 Å². The zero-order chi connectivity index (χ0) is 20.5. The Hall–Kier alpha value is -3.78. The predicted molar refractivity (Wildman–Crippen MR) is 116 cm³/mol. The second kappa shape index (κ2) is 7.57. The number of fused-ring (bicyclic) bond motifs is 2. The summed E-state index contributed by atoms with van der Waals surface area (Å²) in [5.74, 6) is 0.739. The molecule has 0 bridgehead atoms. The van der Waals surface area contributed by atoms with E-state index in [0.717, 1.165) is 51.2 Å². The van der Waals surface area contributed by atoms with Gasteiger partial charge in [0.1, 0.15) is 12.4 Å². The van der Waals surface area contributed by atoms with Crippen LogP contribution in [0.3, 0.4) is 0 Å². The number of pyridine rings is 3. The van der Waals surface area contributed by atoms with Crippen LogP contribution in [0.4, 0.5) is 0 Å². The SMILES string of the molecule is CN(C)CCOc1cncc(-c2cnc3n[nH]c(-c4cc5ncccc5[nH]4)c3c2)c1. The van der Waals surface area contributed by atoms with Crippen molar-refractivity contribution in [2.24, 2.45) is 0 Å². The average Bonchev–Trinajstić information content (AvgIpc) is 3.37. The first-order chi connectivity index (χ1) is 14.7. The standard InChI is InChI=1S/C22H21N7O/c1-29(2)6-7-30-16-8-14(11-23-13-16)15-9-17-21(27-28-22(17)25-12-15)20-10-19-18(26-20)4-3-5-24-19/h3-5,8-13,26H,6-7H2,1-2H3,(H,25,27,28). The second-order valence-corrected chi connectivity index (χ2v) is 7.37. The van der Waals surface area contributed by atoms with Gasteiger partial charge in [-0.25, -0.2) is 4.98 Å². The van der Waals surface area contributed by atoms with E-state index in [9.17, 15) is 0 Å².